The highest BCUT2D eigenvalue weighted by Crippen LogP contribution is 2.18. The summed E-state index contributed by atoms with van der Waals surface area (Å²) in [5, 5.41) is 0. The fourth-order valence-corrected chi connectivity index (χ4v) is 3.18. The van der Waals surface area contributed by atoms with Gasteiger partial charge in [0.05, 0.1) is 19.3 Å². The minimum Gasteiger partial charge on any atom is -0.478 e. The molecule has 0 aliphatic carbocycles. The summed E-state index contributed by atoms with van der Waals surface area (Å²) in [4.78, 5) is 8.26. The Hall–Kier alpha value is -2.19. The van der Waals surface area contributed by atoms with Crippen molar-refractivity contribution < 1.29 is 22.1 Å². The average molecular weight is 366 g/mol. The van der Waals surface area contributed by atoms with Gasteiger partial charge >= 0.3 is 0 Å². The summed E-state index contributed by atoms with van der Waals surface area (Å²) in [5.41, 5.74) is 1.59. The lowest BCUT2D eigenvalue weighted by Gasteiger charge is -2.10. The molecule has 8 heteroatoms. The summed E-state index contributed by atoms with van der Waals surface area (Å²) in [7, 11) is -3.77. The molecule has 1 aromatic carbocycles. The fourth-order valence-electron chi connectivity index (χ4n) is 2.10. The Morgan fingerprint density at radius 1 is 1.00 bits per heavy atom. The quantitative estimate of drug-likeness (QED) is 0.630. The van der Waals surface area contributed by atoms with Gasteiger partial charge in [0.15, 0.2) is 5.82 Å². The van der Waals surface area contributed by atoms with E-state index in [1.807, 2.05) is 32.9 Å². The van der Waals surface area contributed by atoms with Gasteiger partial charge < -0.3 is 9.47 Å². The highest BCUT2D eigenvalue weighted by molar-refractivity contribution is 7.85. The van der Waals surface area contributed by atoms with Crippen LogP contribution in [0.3, 0.4) is 0 Å². The van der Waals surface area contributed by atoms with Gasteiger partial charge in [-0.1, -0.05) is 24.3 Å². The molecule has 1 heterocycles. The maximum Gasteiger partial charge on any atom is 0.271 e. The largest absolute Gasteiger partial charge is 0.478 e. The van der Waals surface area contributed by atoms with Crippen LogP contribution in [-0.4, -0.2) is 31.6 Å². The van der Waals surface area contributed by atoms with Gasteiger partial charge in [-0.25, -0.2) is 0 Å². The van der Waals surface area contributed by atoms with Crippen LogP contribution in [0.1, 0.15) is 30.8 Å². The number of hydrogen-bond donors (Lipinski definition) is 0. The Morgan fingerprint density at radius 2 is 1.60 bits per heavy atom. The van der Waals surface area contributed by atoms with E-state index in [1.54, 1.807) is 18.2 Å². The number of rotatable bonds is 9. The van der Waals surface area contributed by atoms with E-state index in [-0.39, 0.29) is 18.2 Å². The first-order chi connectivity index (χ1) is 11.9. The molecule has 0 radical (unpaired) electrons. The number of hydrogen-bond acceptors (Lipinski definition) is 7. The Morgan fingerprint density at radius 3 is 2.16 bits per heavy atom. The molecule has 0 fully saturated rings. The standard InChI is InChI=1S/C17H22N2O5S/c1-4-22-16-10-17(23-5-2)19-15(18-16)11-24-25(20,21)12-14-9-7-6-8-13(14)3/h6-10H,4-5,11-12H2,1-3H3. The van der Waals surface area contributed by atoms with Gasteiger partial charge in [0.2, 0.25) is 11.8 Å². The molecular weight excluding hydrogens is 344 g/mol. The molecule has 0 amide bonds. The highest BCUT2D eigenvalue weighted by atomic mass is 32.2. The summed E-state index contributed by atoms with van der Waals surface area (Å²) in [5.74, 6) is 0.609. The van der Waals surface area contributed by atoms with Crippen LogP contribution in [0.2, 0.25) is 0 Å². The lowest BCUT2D eigenvalue weighted by molar-refractivity contribution is 0.275. The summed E-state index contributed by atoms with van der Waals surface area (Å²) < 4.78 is 40.2. The van der Waals surface area contributed by atoms with Crippen molar-refractivity contribution in [2.24, 2.45) is 0 Å². The Bertz CT molecular complexity index is 784. The minimum absolute atomic E-state index is 0.183. The van der Waals surface area contributed by atoms with Crippen molar-refractivity contribution >= 4 is 10.1 Å². The highest BCUT2D eigenvalue weighted by Gasteiger charge is 2.16. The molecule has 0 saturated heterocycles. The zero-order chi connectivity index (χ0) is 18.3. The summed E-state index contributed by atoms with van der Waals surface area (Å²) in [6, 6.07) is 8.82. The van der Waals surface area contributed by atoms with E-state index in [0.717, 1.165) is 5.56 Å². The third kappa shape index (κ3) is 5.99. The molecule has 2 aromatic rings. The van der Waals surface area contributed by atoms with Crippen molar-refractivity contribution in [1.29, 1.82) is 0 Å². The van der Waals surface area contributed by atoms with Gasteiger partial charge in [-0.05, 0) is 31.9 Å². The van der Waals surface area contributed by atoms with Crippen molar-refractivity contribution in [3.63, 3.8) is 0 Å². The zero-order valence-corrected chi connectivity index (χ0v) is 15.4. The maximum atomic E-state index is 12.2. The molecule has 1 aromatic heterocycles. The van der Waals surface area contributed by atoms with Crippen molar-refractivity contribution in [2.75, 3.05) is 13.2 Å². The number of ether oxygens (including phenoxy) is 2. The smallest absolute Gasteiger partial charge is 0.271 e. The molecule has 0 bridgehead atoms. The van der Waals surface area contributed by atoms with E-state index < -0.39 is 10.1 Å². The molecule has 7 nitrogen and oxygen atoms in total. The number of nitrogens with zero attached hydrogens (tertiary/aromatic N) is 2. The van der Waals surface area contributed by atoms with Crippen LogP contribution in [0.4, 0.5) is 0 Å². The monoisotopic (exact) mass is 366 g/mol. The van der Waals surface area contributed by atoms with E-state index >= 15 is 0 Å². The van der Waals surface area contributed by atoms with Crippen LogP contribution in [0.25, 0.3) is 0 Å². The van der Waals surface area contributed by atoms with E-state index in [1.165, 1.54) is 0 Å². The van der Waals surface area contributed by atoms with Crippen LogP contribution in [0.15, 0.2) is 30.3 Å². The molecule has 0 aliphatic heterocycles. The molecule has 0 unspecified atom stereocenters. The molecule has 25 heavy (non-hydrogen) atoms. The lowest BCUT2D eigenvalue weighted by Crippen LogP contribution is -2.12. The second-order valence-corrected chi connectivity index (χ2v) is 6.86. The van der Waals surface area contributed by atoms with Crippen molar-refractivity contribution in [3.8, 4) is 11.8 Å². The molecular formula is C17H22N2O5S. The van der Waals surface area contributed by atoms with Gasteiger partial charge in [0.1, 0.15) is 12.4 Å². The zero-order valence-electron chi connectivity index (χ0n) is 14.6. The van der Waals surface area contributed by atoms with Crippen molar-refractivity contribution in [3.05, 3.63) is 47.3 Å². The van der Waals surface area contributed by atoms with E-state index in [9.17, 15) is 8.42 Å². The number of aryl methyl sites for hydroxylation is 1. The number of benzene rings is 1. The molecule has 0 atom stereocenters. The second-order valence-electron chi connectivity index (χ2n) is 5.22. The van der Waals surface area contributed by atoms with E-state index in [0.29, 0.717) is 30.5 Å². The van der Waals surface area contributed by atoms with Crippen LogP contribution in [0.5, 0.6) is 11.8 Å². The van der Waals surface area contributed by atoms with Gasteiger partial charge in [-0.3, -0.25) is 4.18 Å². The first kappa shape index (κ1) is 19.1. The predicted molar refractivity (Wildman–Crippen MR) is 93.0 cm³/mol. The van der Waals surface area contributed by atoms with Crippen molar-refractivity contribution in [2.45, 2.75) is 33.1 Å². The first-order valence-corrected chi connectivity index (χ1v) is 9.56. The first-order valence-electron chi connectivity index (χ1n) is 7.98. The normalized spacial score (nSPS) is 11.3. The minimum atomic E-state index is -3.77. The predicted octanol–water partition coefficient (Wildman–Crippen LogP) is 2.63. The van der Waals surface area contributed by atoms with Gasteiger partial charge in [0.25, 0.3) is 10.1 Å². The third-order valence-corrected chi connectivity index (χ3v) is 4.41. The SMILES string of the molecule is CCOc1cc(OCC)nc(COS(=O)(=O)Cc2ccccc2C)n1. The van der Waals surface area contributed by atoms with Crippen LogP contribution in [0, 0.1) is 6.92 Å². The van der Waals surface area contributed by atoms with Gasteiger partial charge in [0, 0.05) is 0 Å². The Kier molecular flexibility index (Phi) is 6.72. The van der Waals surface area contributed by atoms with Gasteiger partial charge in [-0.15, -0.1) is 0 Å². The maximum absolute atomic E-state index is 12.2. The molecule has 0 spiro atoms. The average Bonchev–Trinajstić information content (AvgIpc) is 2.56. The topological polar surface area (TPSA) is 87.6 Å². The Balaban J connectivity index is 2.09. The van der Waals surface area contributed by atoms with E-state index in [2.05, 4.69) is 9.97 Å². The van der Waals surface area contributed by atoms with Crippen LogP contribution >= 0.6 is 0 Å². The van der Waals surface area contributed by atoms with E-state index in [4.69, 9.17) is 13.7 Å². The fraction of sp³-hybridized carbons (Fsp3) is 0.412. The van der Waals surface area contributed by atoms with Crippen LogP contribution in [-0.2, 0) is 26.7 Å². The molecule has 136 valence electrons. The lowest BCUT2D eigenvalue weighted by atomic mass is 10.1. The second kappa shape index (κ2) is 8.77. The molecule has 0 aliphatic rings. The molecule has 0 saturated carbocycles. The molecule has 0 N–H and O–H groups in total. The molecule has 2 rings (SSSR count). The Labute approximate surface area is 148 Å². The van der Waals surface area contributed by atoms with Crippen molar-refractivity contribution in [1.82, 2.24) is 9.97 Å². The summed E-state index contributed by atoms with van der Waals surface area (Å²) >= 11 is 0. The third-order valence-electron chi connectivity index (χ3n) is 3.27. The summed E-state index contributed by atoms with van der Waals surface area (Å²) in [6.07, 6.45) is 0. The number of aromatic nitrogens is 2. The van der Waals surface area contributed by atoms with Gasteiger partial charge in [-0.2, -0.15) is 18.4 Å². The van der Waals surface area contributed by atoms with Crippen LogP contribution < -0.4 is 9.47 Å². The summed E-state index contributed by atoms with van der Waals surface area (Å²) in [6.45, 7) is 6.07.